The van der Waals surface area contributed by atoms with Gasteiger partial charge in [-0.25, -0.2) is 4.79 Å². The molecule has 0 radical (unpaired) electrons. The molecule has 0 atom stereocenters. The summed E-state index contributed by atoms with van der Waals surface area (Å²) in [6.07, 6.45) is 0. The van der Waals surface area contributed by atoms with Gasteiger partial charge in [-0.2, -0.15) is 0 Å². The van der Waals surface area contributed by atoms with E-state index in [0.29, 0.717) is 24.1 Å². The van der Waals surface area contributed by atoms with Crippen LogP contribution in [-0.4, -0.2) is 67.1 Å². The topological polar surface area (TPSA) is 75.4 Å². The van der Waals surface area contributed by atoms with Crippen molar-refractivity contribution in [2.45, 2.75) is 19.4 Å². The van der Waals surface area contributed by atoms with E-state index in [0.717, 1.165) is 6.54 Å². The molecule has 98 valence electrons. The molecular formula is C11H23N4O2+. The summed E-state index contributed by atoms with van der Waals surface area (Å²) in [5, 5.41) is 2.67. The van der Waals surface area contributed by atoms with Crippen LogP contribution < -0.4 is 11.1 Å². The number of quaternary nitrogens is 1. The van der Waals surface area contributed by atoms with Crippen molar-refractivity contribution in [2.24, 2.45) is 5.73 Å². The zero-order valence-electron chi connectivity index (χ0n) is 11.1. The number of carbonyl (C=O) groups excluding carboxylic acids is 2. The first kappa shape index (κ1) is 13.9. The molecule has 0 unspecified atom stereocenters. The SMILES string of the molecule is CC1(C)NC(=O)N(CC[N+](C)(C)CCN)C1=O. The van der Waals surface area contributed by atoms with Crippen LogP contribution >= 0.6 is 0 Å². The first-order valence-corrected chi connectivity index (χ1v) is 5.86. The smallest absolute Gasteiger partial charge is 0.325 e. The normalized spacial score (nSPS) is 19.7. The van der Waals surface area contributed by atoms with E-state index in [1.807, 2.05) is 14.1 Å². The Morgan fingerprint density at radius 1 is 1.29 bits per heavy atom. The standard InChI is InChI=1S/C11H22N4O2/c1-11(2)9(16)14(10(17)13-11)6-8-15(3,4)7-5-12/h5-8,12H2,1-4H3/p+1. The number of nitrogens with two attached hydrogens (primary N) is 1. The van der Waals surface area contributed by atoms with Crippen LogP contribution in [-0.2, 0) is 4.79 Å². The highest BCUT2D eigenvalue weighted by atomic mass is 16.2. The summed E-state index contributed by atoms with van der Waals surface area (Å²) >= 11 is 0. The van der Waals surface area contributed by atoms with E-state index >= 15 is 0 Å². The summed E-state index contributed by atoms with van der Waals surface area (Å²) in [5.74, 6) is -0.157. The van der Waals surface area contributed by atoms with Gasteiger partial charge in [0.05, 0.1) is 33.7 Å². The highest BCUT2D eigenvalue weighted by molar-refractivity contribution is 6.06. The molecule has 1 heterocycles. The van der Waals surface area contributed by atoms with Crippen LogP contribution in [0.3, 0.4) is 0 Å². The summed E-state index contributed by atoms with van der Waals surface area (Å²) in [7, 11) is 4.08. The molecule has 1 fully saturated rings. The van der Waals surface area contributed by atoms with Crippen molar-refractivity contribution >= 4 is 11.9 Å². The molecule has 0 aliphatic carbocycles. The van der Waals surface area contributed by atoms with Crippen LogP contribution in [0.25, 0.3) is 0 Å². The zero-order valence-corrected chi connectivity index (χ0v) is 11.1. The number of nitrogens with zero attached hydrogens (tertiary/aromatic N) is 2. The lowest BCUT2D eigenvalue weighted by Crippen LogP contribution is -2.49. The van der Waals surface area contributed by atoms with Crippen molar-refractivity contribution < 1.29 is 14.1 Å². The number of hydrogen-bond donors (Lipinski definition) is 2. The maximum absolute atomic E-state index is 11.9. The lowest BCUT2D eigenvalue weighted by molar-refractivity contribution is -0.888. The highest BCUT2D eigenvalue weighted by Gasteiger charge is 2.44. The van der Waals surface area contributed by atoms with Gasteiger partial charge >= 0.3 is 6.03 Å². The van der Waals surface area contributed by atoms with E-state index in [4.69, 9.17) is 5.73 Å². The molecule has 1 aliphatic rings. The third kappa shape index (κ3) is 3.17. The van der Waals surface area contributed by atoms with Crippen molar-refractivity contribution in [2.75, 3.05) is 40.3 Å². The second kappa shape index (κ2) is 4.62. The fourth-order valence-corrected chi connectivity index (χ4v) is 1.85. The molecule has 0 bridgehead atoms. The van der Waals surface area contributed by atoms with Gasteiger partial charge in [0.2, 0.25) is 0 Å². The second-order valence-corrected chi connectivity index (χ2v) is 5.68. The first-order valence-electron chi connectivity index (χ1n) is 5.86. The fourth-order valence-electron chi connectivity index (χ4n) is 1.85. The number of amides is 3. The maximum Gasteiger partial charge on any atom is 0.325 e. The molecule has 6 heteroatoms. The van der Waals surface area contributed by atoms with E-state index in [2.05, 4.69) is 5.32 Å². The van der Waals surface area contributed by atoms with E-state index in [9.17, 15) is 9.59 Å². The Morgan fingerprint density at radius 3 is 2.29 bits per heavy atom. The Balaban J connectivity index is 2.59. The van der Waals surface area contributed by atoms with Crippen LogP contribution in [0.5, 0.6) is 0 Å². The summed E-state index contributed by atoms with van der Waals surface area (Å²) < 4.78 is 0.702. The first-order chi connectivity index (χ1) is 7.69. The number of urea groups is 1. The molecule has 0 aromatic rings. The van der Waals surface area contributed by atoms with Crippen molar-refractivity contribution in [3.05, 3.63) is 0 Å². The Bertz CT molecular complexity index is 325. The summed E-state index contributed by atoms with van der Waals surface area (Å²) in [6.45, 7) is 6.00. The minimum absolute atomic E-state index is 0.157. The summed E-state index contributed by atoms with van der Waals surface area (Å²) in [5.41, 5.74) is 4.74. The number of hydrogen-bond acceptors (Lipinski definition) is 3. The Kier molecular flexibility index (Phi) is 3.78. The molecule has 0 spiro atoms. The van der Waals surface area contributed by atoms with Gasteiger partial charge in [-0.15, -0.1) is 0 Å². The van der Waals surface area contributed by atoms with Gasteiger partial charge in [-0.1, -0.05) is 0 Å². The number of nitrogens with one attached hydrogen (secondary N) is 1. The van der Waals surface area contributed by atoms with E-state index in [1.165, 1.54) is 4.90 Å². The maximum atomic E-state index is 11.9. The van der Waals surface area contributed by atoms with Gasteiger partial charge in [0.1, 0.15) is 5.54 Å². The lowest BCUT2D eigenvalue weighted by atomic mass is 10.1. The minimum Gasteiger partial charge on any atom is -0.326 e. The predicted octanol–water partition coefficient (Wildman–Crippen LogP) is -0.648. The van der Waals surface area contributed by atoms with Gasteiger partial charge in [0, 0.05) is 6.54 Å². The fraction of sp³-hybridized carbons (Fsp3) is 0.818. The van der Waals surface area contributed by atoms with Gasteiger partial charge < -0.3 is 15.5 Å². The largest absolute Gasteiger partial charge is 0.326 e. The Hall–Kier alpha value is -1.14. The lowest BCUT2D eigenvalue weighted by Gasteiger charge is -2.30. The van der Waals surface area contributed by atoms with Crippen LogP contribution in [0.1, 0.15) is 13.8 Å². The van der Waals surface area contributed by atoms with Gasteiger partial charge in [-0.3, -0.25) is 9.69 Å². The van der Waals surface area contributed by atoms with Gasteiger partial charge in [0.25, 0.3) is 5.91 Å². The van der Waals surface area contributed by atoms with E-state index in [-0.39, 0.29) is 11.9 Å². The number of carbonyl (C=O) groups is 2. The molecule has 0 saturated carbocycles. The monoisotopic (exact) mass is 243 g/mol. The minimum atomic E-state index is -0.776. The molecule has 1 aliphatic heterocycles. The number of imide groups is 1. The molecular weight excluding hydrogens is 220 g/mol. The molecule has 3 N–H and O–H groups in total. The van der Waals surface area contributed by atoms with Crippen LogP contribution in [0.2, 0.25) is 0 Å². The van der Waals surface area contributed by atoms with Crippen LogP contribution in [0.15, 0.2) is 0 Å². The van der Waals surface area contributed by atoms with Crippen molar-refractivity contribution in [3.8, 4) is 0 Å². The van der Waals surface area contributed by atoms with E-state index < -0.39 is 5.54 Å². The number of likely N-dealkylation sites (N-methyl/N-ethyl adjacent to an activating group) is 1. The average molecular weight is 243 g/mol. The average Bonchev–Trinajstić information content (AvgIpc) is 2.34. The Morgan fingerprint density at radius 2 is 1.88 bits per heavy atom. The molecule has 0 aromatic carbocycles. The zero-order chi connectivity index (χ0) is 13.3. The second-order valence-electron chi connectivity index (χ2n) is 5.68. The molecule has 3 amide bonds. The molecule has 0 aromatic heterocycles. The van der Waals surface area contributed by atoms with Crippen molar-refractivity contribution in [1.29, 1.82) is 0 Å². The predicted molar refractivity (Wildman–Crippen MR) is 65.2 cm³/mol. The number of rotatable bonds is 5. The Labute approximate surface area is 102 Å². The van der Waals surface area contributed by atoms with Crippen LogP contribution in [0.4, 0.5) is 4.79 Å². The van der Waals surface area contributed by atoms with Gasteiger partial charge in [0.15, 0.2) is 0 Å². The molecule has 1 saturated heterocycles. The van der Waals surface area contributed by atoms with Crippen molar-refractivity contribution in [1.82, 2.24) is 10.2 Å². The van der Waals surface area contributed by atoms with Crippen LogP contribution in [0, 0.1) is 0 Å². The van der Waals surface area contributed by atoms with E-state index in [1.54, 1.807) is 13.8 Å². The highest BCUT2D eigenvalue weighted by Crippen LogP contribution is 2.16. The molecule has 1 rings (SSSR count). The third-order valence-electron chi connectivity index (χ3n) is 3.11. The molecule has 6 nitrogen and oxygen atoms in total. The summed E-state index contributed by atoms with van der Waals surface area (Å²) in [6, 6.07) is -0.298. The summed E-state index contributed by atoms with van der Waals surface area (Å²) in [4.78, 5) is 24.8. The van der Waals surface area contributed by atoms with Crippen molar-refractivity contribution in [3.63, 3.8) is 0 Å². The quantitative estimate of drug-likeness (QED) is 0.498. The third-order valence-corrected chi connectivity index (χ3v) is 3.11. The van der Waals surface area contributed by atoms with Gasteiger partial charge in [-0.05, 0) is 13.8 Å². The molecule has 17 heavy (non-hydrogen) atoms.